The smallest absolute Gasteiger partial charge is 0.124 e. The van der Waals surface area contributed by atoms with E-state index in [0.717, 1.165) is 9.32 Å². The van der Waals surface area contributed by atoms with E-state index < -0.39 is 0 Å². The molecule has 0 aliphatic rings. The SMILES string of the molecule is CCOc1cc(O)cc(I)c1. The third-order valence-electron chi connectivity index (χ3n) is 1.17. The maximum Gasteiger partial charge on any atom is 0.124 e. The van der Waals surface area contributed by atoms with E-state index >= 15 is 0 Å². The highest BCUT2D eigenvalue weighted by atomic mass is 127. The number of hydrogen-bond donors (Lipinski definition) is 1. The number of rotatable bonds is 2. The van der Waals surface area contributed by atoms with E-state index in [2.05, 4.69) is 22.6 Å². The zero-order chi connectivity index (χ0) is 8.27. The van der Waals surface area contributed by atoms with Gasteiger partial charge in [-0.15, -0.1) is 0 Å². The summed E-state index contributed by atoms with van der Waals surface area (Å²) in [6.45, 7) is 2.54. The maximum atomic E-state index is 9.14. The van der Waals surface area contributed by atoms with Crippen molar-refractivity contribution in [2.45, 2.75) is 6.92 Å². The van der Waals surface area contributed by atoms with E-state index in [1.54, 1.807) is 12.1 Å². The van der Waals surface area contributed by atoms with Crippen LogP contribution in [0.1, 0.15) is 6.92 Å². The number of ether oxygens (including phenoxy) is 1. The minimum Gasteiger partial charge on any atom is -0.508 e. The molecule has 1 rings (SSSR count). The molecule has 1 N–H and O–H groups in total. The molecule has 0 aliphatic heterocycles. The maximum absolute atomic E-state index is 9.14. The van der Waals surface area contributed by atoms with E-state index in [0.29, 0.717) is 6.61 Å². The van der Waals surface area contributed by atoms with E-state index in [1.165, 1.54) is 0 Å². The first-order chi connectivity index (χ1) is 5.22. The highest BCUT2D eigenvalue weighted by Crippen LogP contribution is 2.22. The van der Waals surface area contributed by atoms with E-state index in [9.17, 15) is 0 Å². The van der Waals surface area contributed by atoms with Crippen molar-refractivity contribution in [3.05, 3.63) is 21.8 Å². The topological polar surface area (TPSA) is 29.5 Å². The van der Waals surface area contributed by atoms with Crippen molar-refractivity contribution in [2.24, 2.45) is 0 Å². The van der Waals surface area contributed by atoms with E-state index in [-0.39, 0.29) is 5.75 Å². The molecule has 11 heavy (non-hydrogen) atoms. The molecule has 0 spiro atoms. The number of phenolic OH excluding ortho intramolecular Hbond substituents is 1. The summed E-state index contributed by atoms with van der Waals surface area (Å²) in [7, 11) is 0. The second-order valence-electron chi connectivity index (χ2n) is 2.08. The molecule has 0 atom stereocenters. The van der Waals surface area contributed by atoms with Gasteiger partial charge in [0.1, 0.15) is 11.5 Å². The van der Waals surface area contributed by atoms with Crippen molar-refractivity contribution in [3.8, 4) is 11.5 Å². The van der Waals surface area contributed by atoms with Crippen molar-refractivity contribution >= 4 is 22.6 Å². The molecule has 0 saturated carbocycles. The van der Waals surface area contributed by atoms with Crippen LogP contribution in [0.4, 0.5) is 0 Å². The zero-order valence-corrected chi connectivity index (χ0v) is 8.33. The van der Waals surface area contributed by atoms with Crippen molar-refractivity contribution in [2.75, 3.05) is 6.61 Å². The molecule has 0 amide bonds. The molecular formula is C8H9IO2. The minimum absolute atomic E-state index is 0.250. The molecule has 0 aliphatic carbocycles. The van der Waals surface area contributed by atoms with Crippen LogP contribution in [-0.4, -0.2) is 11.7 Å². The monoisotopic (exact) mass is 264 g/mol. The molecule has 0 heterocycles. The Hall–Kier alpha value is -0.450. The Morgan fingerprint density at radius 3 is 2.73 bits per heavy atom. The first kappa shape index (κ1) is 8.64. The summed E-state index contributed by atoms with van der Waals surface area (Å²) in [6.07, 6.45) is 0. The minimum atomic E-state index is 0.250. The summed E-state index contributed by atoms with van der Waals surface area (Å²) in [5.41, 5.74) is 0. The summed E-state index contributed by atoms with van der Waals surface area (Å²) in [5, 5.41) is 9.14. The first-order valence-corrected chi connectivity index (χ1v) is 4.42. The Morgan fingerprint density at radius 2 is 2.18 bits per heavy atom. The van der Waals surface area contributed by atoms with Crippen molar-refractivity contribution in [1.29, 1.82) is 0 Å². The molecule has 2 nitrogen and oxygen atoms in total. The summed E-state index contributed by atoms with van der Waals surface area (Å²) >= 11 is 2.13. The number of hydrogen-bond acceptors (Lipinski definition) is 2. The van der Waals surface area contributed by atoms with Gasteiger partial charge < -0.3 is 9.84 Å². The Balaban J connectivity index is 2.89. The zero-order valence-electron chi connectivity index (χ0n) is 6.17. The molecule has 0 saturated heterocycles. The molecular weight excluding hydrogens is 255 g/mol. The van der Waals surface area contributed by atoms with Crippen LogP contribution in [0.2, 0.25) is 0 Å². The van der Waals surface area contributed by atoms with Crippen LogP contribution < -0.4 is 4.74 Å². The fourth-order valence-electron chi connectivity index (χ4n) is 0.798. The average Bonchev–Trinajstić information content (AvgIpc) is 1.85. The van der Waals surface area contributed by atoms with Crippen LogP contribution in [0, 0.1) is 3.57 Å². The fraction of sp³-hybridized carbons (Fsp3) is 0.250. The van der Waals surface area contributed by atoms with Crippen molar-refractivity contribution < 1.29 is 9.84 Å². The third-order valence-corrected chi connectivity index (χ3v) is 1.79. The molecule has 1 aromatic rings. The second-order valence-corrected chi connectivity index (χ2v) is 3.32. The van der Waals surface area contributed by atoms with E-state index in [4.69, 9.17) is 9.84 Å². The number of phenols is 1. The van der Waals surface area contributed by atoms with Gasteiger partial charge in [-0.3, -0.25) is 0 Å². The predicted octanol–water partition coefficient (Wildman–Crippen LogP) is 2.40. The van der Waals surface area contributed by atoms with Gasteiger partial charge in [0.15, 0.2) is 0 Å². The highest BCUT2D eigenvalue weighted by molar-refractivity contribution is 14.1. The normalized spacial score (nSPS) is 9.64. The van der Waals surface area contributed by atoms with Crippen LogP contribution in [0.25, 0.3) is 0 Å². The van der Waals surface area contributed by atoms with Gasteiger partial charge in [0.05, 0.1) is 6.61 Å². The van der Waals surface area contributed by atoms with Gasteiger partial charge in [-0.1, -0.05) is 0 Å². The Morgan fingerprint density at radius 1 is 1.45 bits per heavy atom. The van der Waals surface area contributed by atoms with Gasteiger partial charge >= 0.3 is 0 Å². The number of benzene rings is 1. The Kier molecular flexibility index (Phi) is 2.99. The molecule has 0 bridgehead atoms. The number of aromatic hydroxyl groups is 1. The quantitative estimate of drug-likeness (QED) is 0.831. The van der Waals surface area contributed by atoms with Gasteiger partial charge in [-0.05, 0) is 41.6 Å². The van der Waals surface area contributed by atoms with Crippen LogP contribution in [0.5, 0.6) is 11.5 Å². The molecule has 0 radical (unpaired) electrons. The van der Waals surface area contributed by atoms with Crippen molar-refractivity contribution in [1.82, 2.24) is 0 Å². The summed E-state index contributed by atoms with van der Waals surface area (Å²) in [6, 6.07) is 5.17. The van der Waals surface area contributed by atoms with Crippen molar-refractivity contribution in [3.63, 3.8) is 0 Å². The number of halogens is 1. The highest BCUT2D eigenvalue weighted by Gasteiger charge is 1.96. The van der Waals surface area contributed by atoms with Gasteiger partial charge in [0, 0.05) is 9.64 Å². The molecule has 60 valence electrons. The molecule has 0 unspecified atom stereocenters. The average molecular weight is 264 g/mol. The third kappa shape index (κ3) is 2.57. The lowest BCUT2D eigenvalue weighted by atomic mass is 10.3. The lowest BCUT2D eigenvalue weighted by molar-refractivity contribution is 0.337. The first-order valence-electron chi connectivity index (χ1n) is 3.34. The molecule has 3 heteroatoms. The summed E-state index contributed by atoms with van der Waals surface area (Å²) < 4.78 is 6.18. The van der Waals surface area contributed by atoms with Gasteiger partial charge in [-0.25, -0.2) is 0 Å². The van der Waals surface area contributed by atoms with Gasteiger partial charge in [0.2, 0.25) is 0 Å². The van der Waals surface area contributed by atoms with Crippen LogP contribution >= 0.6 is 22.6 Å². The molecule has 0 aromatic heterocycles. The second kappa shape index (κ2) is 3.80. The summed E-state index contributed by atoms with van der Waals surface area (Å²) in [5.74, 6) is 0.970. The standard InChI is InChI=1S/C8H9IO2/c1-2-11-8-4-6(9)3-7(10)5-8/h3-5,10H,2H2,1H3. The van der Waals surface area contributed by atoms with Crippen LogP contribution in [-0.2, 0) is 0 Å². The lowest BCUT2D eigenvalue weighted by Gasteiger charge is -2.03. The lowest BCUT2D eigenvalue weighted by Crippen LogP contribution is -1.90. The molecule has 0 fully saturated rings. The van der Waals surface area contributed by atoms with Gasteiger partial charge in [0.25, 0.3) is 0 Å². The van der Waals surface area contributed by atoms with E-state index in [1.807, 2.05) is 13.0 Å². The Labute approximate surface area is 79.3 Å². The van der Waals surface area contributed by atoms with Crippen LogP contribution in [0.15, 0.2) is 18.2 Å². The fourth-order valence-corrected chi connectivity index (χ4v) is 1.42. The van der Waals surface area contributed by atoms with Crippen LogP contribution in [0.3, 0.4) is 0 Å². The largest absolute Gasteiger partial charge is 0.508 e. The Bertz CT molecular complexity index is 228. The summed E-state index contributed by atoms with van der Waals surface area (Å²) in [4.78, 5) is 0. The predicted molar refractivity (Wildman–Crippen MR) is 52.0 cm³/mol. The van der Waals surface area contributed by atoms with Gasteiger partial charge in [-0.2, -0.15) is 0 Å². The molecule has 1 aromatic carbocycles.